The molecule has 2 aromatic rings. The Labute approximate surface area is 128 Å². The Kier molecular flexibility index (Phi) is 4.08. The topological polar surface area (TPSA) is 15.3 Å². The molecule has 0 atom stereocenters. The maximum atomic E-state index is 3.58. The van der Waals surface area contributed by atoms with Gasteiger partial charge >= 0.3 is 0 Å². The van der Waals surface area contributed by atoms with Crippen LogP contribution in [0, 0.1) is 0 Å². The predicted molar refractivity (Wildman–Crippen MR) is 87.9 cm³/mol. The van der Waals surface area contributed by atoms with Gasteiger partial charge in [-0.3, -0.25) is 0 Å². The van der Waals surface area contributed by atoms with Gasteiger partial charge in [0.05, 0.1) is 0 Å². The van der Waals surface area contributed by atoms with Crippen molar-refractivity contribution < 1.29 is 0 Å². The van der Waals surface area contributed by atoms with Crippen LogP contribution < -0.4 is 10.2 Å². The molecule has 0 radical (unpaired) electrons. The van der Waals surface area contributed by atoms with Crippen LogP contribution in [0.4, 0.5) is 5.69 Å². The summed E-state index contributed by atoms with van der Waals surface area (Å²) in [5.74, 6) is 0. The number of rotatable bonds is 4. The van der Waals surface area contributed by atoms with Gasteiger partial charge < -0.3 is 10.2 Å². The zero-order valence-corrected chi connectivity index (χ0v) is 13.3. The maximum absolute atomic E-state index is 3.58. The molecule has 0 saturated carbocycles. The lowest BCUT2D eigenvalue weighted by Gasteiger charge is -2.22. The van der Waals surface area contributed by atoms with E-state index in [-0.39, 0.29) is 0 Å². The number of nitrogens with zero attached hydrogens (tertiary/aromatic N) is 1. The number of nitrogens with one attached hydrogen (secondary N) is 1. The van der Waals surface area contributed by atoms with Crippen LogP contribution in [0.25, 0.3) is 0 Å². The van der Waals surface area contributed by atoms with Crippen molar-refractivity contribution in [1.82, 2.24) is 5.32 Å². The largest absolute Gasteiger partial charge is 0.363 e. The Balaban J connectivity index is 1.88. The van der Waals surface area contributed by atoms with Crippen molar-refractivity contribution in [3.8, 4) is 0 Å². The summed E-state index contributed by atoms with van der Waals surface area (Å²) in [5.41, 5.74) is 5.59. The molecule has 3 heteroatoms. The van der Waals surface area contributed by atoms with Crippen LogP contribution in [0.15, 0.2) is 46.9 Å². The first-order chi connectivity index (χ1) is 9.78. The van der Waals surface area contributed by atoms with E-state index in [0.29, 0.717) is 0 Å². The molecule has 0 aromatic heterocycles. The second-order valence-corrected chi connectivity index (χ2v) is 6.09. The number of halogens is 1. The lowest BCUT2D eigenvalue weighted by atomic mass is 10.1. The van der Waals surface area contributed by atoms with Gasteiger partial charge in [-0.05, 0) is 41.4 Å². The normalized spacial score (nSPS) is 13.6. The Morgan fingerprint density at radius 3 is 2.45 bits per heavy atom. The number of hydrogen-bond acceptors (Lipinski definition) is 2. The van der Waals surface area contributed by atoms with E-state index >= 15 is 0 Å². The zero-order chi connectivity index (χ0) is 13.9. The van der Waals surface area contributed by atoms with Crippen LogP contribution in [-0.4, -0.2) is 6.54 Å². The molecule has 2 aromatic carbocycles. The van der Waals surface area contributed by atoms with Crippen LogP contribution >= 0.6 is 15.9 Å². The predicted octanol–water partition coefficient (Wildman–Crippen LogP) is 4.08. The van der Waals surface area contributed by atoms with E-state index in [9.17, 15) is 0 Å². The number of benzene rings is 2. The number of fused-ring (bicyclic) bond motifs is 1. The zero-order valence-electron chi connectivity index (χ0n) is 11.7. The lowest BCUT2D eigenvalue weighted by molar-refractivity contribution is 0.720. The third-order valence-corrected chi connectivity index (χ3v) is 4.28. The summed E-state index contributed by atoms with van der Waals surface area (Å²) in [7, 11) is 0. The smallest absolute Gasteiger partial charge is 0.0436 e. The molecule has 1 heterocycles. The summed E-state index contributed by atoms with van der Waals surface area (Å²) >= 11 is 3.58. The fraction of sp³-hybridized carbons (Fsp3) is 0.294. The van der Waals surface area contributed by atoms with E-state index < -0.39 is 0 Å². The SMILES string of the molecule is CCNCc1cc(Br)ccc1N1Cc2ccccc2C1. The lowest BCUT2D eigenvalue weighted by Crippen LogP contribution is -2.19. The molecule has 0 fully saturated rings. The standard InChI is InChI=1S/C17H19BrN2/c1-2-19-10-15-9-16(18)7-8-17(15)20-11-13-5-3-4-6-14(13)12-20/h3-9,19H,2,10-12H2,1H3. The summed E-state index contributed by atoms with van der Waals surface area (Å²) in [6.45, 7) is 6.07. The molecular weight excluding hydrogens is 312 g/mol. The van der Waals surface area contributed by atoms with E-state index in [1.807, 2.05) is 0 Å². The summed E-state index contributed by atoms with van der Waals surface area (Å²) in [5, 5.41) is 3.43. The van der Waals surface area contributed by atoms with Crippen molar-refractivity contribution in [2.24, 2.45) is 0 Å². The van der Waals surface area contributed by atoms with Gasteiger partial charge in [0.2, 0.25) is 0 Å². The molecule has 0 bridgehead atoms. The second-order valence-electron chi connectivity index (χ2n) is 5.18. The van der Waals surface area contributed by atoms with Crippen molar-refractivity contribution in [3.05, 3.63) is 63.6 Å². The Bertz CT molecular complexity index is 585. The van der Waals surface area contributed by atoms with E-state index in [2.05, 4.69) is 75.5 Å². The molecule has 0 aliphatic carbocycles. The minimum atomic E-state index is 0.915. The van der Waals surface area contributed by atoms with E-state index in [1.165, 1.54) is 22.4 Å². The van der Waals surface area contributed by atoms with Gasteiger partial charge in [-0.25, -0.2) is 0 Å². The Morgan fingerprint density at radius 2 is 1.80 bits per heavy atom. The molecule has 20 heavy (non-hydrogen) atoms. The molecule has 2 nitrogen and oxygen atoms in total. The molecule has 104 valence electrons. The maximum Gasteiger partial charge on any atom is 0.0436 e. The fourth-order valence-corrected chi connectivity index (χ4v) is 3.18. The van der Waals surface area contributed by atoms with Gasteiger partial charge in [0.25, 0.3) is 0 Å². The molecular formula is C17H19BrN2. The van der Waals surface area contributed by atoms with Crippen LogP contribution in [0.2, 0.25) is 0 Å². The van der Waals surface area contributed by atoms with Gasteiger partial charge in [-0.15, -0.1) is 0 Å². The van der Waals surface area contributed by atoms with Gasteiger partial charge in [0, 0.05) is 29.8 Å². The highest BCUT2D eigenvalue weighted by Gasteiger charge is 2.20. The molecule has 1 N–H and O–H groups in total. The van der Waals surface area contributed by atoms with Gasteiger partial charge in [-0.2, -0.15) is 0 Å². The highest BCUT2D eigenvalue weighted by molar-refractivity contribution is 9.10. The van der Waals surface area contributed by atoms with Crippen LogP contribution in [-0.2, 0) is 19.6 Å². The first-order valence-electron chi connectivity index (χ1n) is 7.09. The van der Waals surface area contributed by atoms with E-state index in [0.717, 1.165) is 30.7 Å². The van der Waals surface area contributed by atoms with Crippen molar-refractivity contribution in [1.29, 1.82) is 0 Å². The minimum Gasteiger partial charge on any atom is -0.363 e. The second kappa shape index (κ2) is 5.98. The van der Waals surface area contributed by atoms with Crippen molar-refractivity contribution in [2.75, 3.05) is 11.4 Å². The molecule has 1 aliphatic heterocycles. The third-order valence-electron chi connectivity index (χ3n) is 3.79. The average molecular weight is 331 g/mol. The number of anilines is 1. The first-order valence-corrected chi connectivity index (χ1v) is 7.88. The van der Waals surface area contributed by atoms with Crippen molar-refractivity contribution in [2.45, 2.75) is 26.6 Å². The monoisotopic (exact) mass is 330 g/mol. The molecule has 3 rings (SSSR count). The van der Waals surface area contributed by atoms with Gasteiger partial charge in [-0.1, -0.05) is 47.1 Å². The molecule has 1 aliphatic rings. The quantitative estimate of drug-likeness (QED) is 0.908. The molecule has 0 unspecified atom stereocenters. The molecule has 0 saturated heterocycles. The van der Waals surface area contributed by atoms with E-state index in [1.54, 1.807) is 0 Å². The van der Waals surface area contributed by atoms with Crippen LogP contribution in [0.3, 0.4) is 0 Å². The number of hydrogen-bond donors (Lipinski definition) is 1. The minimum absolute atomic E-state index is 0.915. The highest BCUT2D eigenvalue weighted by Crippen LogP contribution is 2.32. The summed E-state index contributed by atoms with van der Waals surface area (Å²) in [6.07, 6.45) is 0. The summed E-state index contributed by atoms with van der Waals surface area (Å²) in [6, 6.07) is 15.3. The molecule has 0 amide bonds. The van der Waals surface area contributed by atoms with Gasteiger partial charge in [0.15, 0.2) is 0 Å². The Hall–Kier alpha value is -1.32. The molecule has 0 spiro atoms. The highest BCUT2D eigenvalue weighted by atomic mass is 79.9. The van der Waals surface area contributed by atoms with Crippen molar-refractivity contribution in [3.63, 3.8) is 0 Å². The van der Waals surface area contributed by atoms with E-state index in [4.69, 9.17) is 0 Å². The summed E-state index contributed by atoms with van der Waals surface area (Å²) in [4.78, 5) is 2.46. The third kappa shape index (κ3) is 2.74. The van der Waals surface area contributed by atoms with Crippen LogP contribution in [0.5, 0.6) is 0 Å². The Morgan fingerprint density at radius 1 is 1.10 bits per heavy atom. The summed E-state index contributed by atoms with van der Waals surface area (Å²) < 4.78 is 1.14. The fourth-order valence-electron chi connectivity index (χ4n) is 2.77. The van der Waals surface area contributed by atoms with Gasteiger partial charge in [0.1, 0.15) is 0 Å². The van der Waals surface area contributed by atoms with Crippen LogP contribution in [0.1, 0.15) is 23.6 Å². The van der Waals surface area contributed by atoms with Crippen molar-refractivity contribution >= 4 is 21.6 Å². The average Bonchev–Trinajstić information content (AvgIpc) is 2.88. The first kappa shape index (κ1) is 13.7.